The number of anilines is 1. The van der Waals surface area contributed by atoms with Crippen LogP contribution in [0.25, 0.3) is 0 Å². The van der Waals surface area contributed by atoms with E-state index < -0.39 is 0 Å². The van der Waals surface area contributed by atoms with Crippen LogP contribution in [0.5, 0.6) is 0 Å². The van der Waals surface area contributed by atoms with Crippen molar-refractivity contribution in [2.24, 2.45) is 0 Å². The van der Waals surface area contributed by atoms with Gasteiger partial charge in [0.2, 0.25) is 0 Å². The fourth-order valence-corrected chi connectivity index (χ4v) is 2.85. The first kappa shape index (κ1) is 12.8. The highest BCUT2D eigenvalue weighted by atomic mass is 32.1. The van der Waals surface area contributed by atoms with Gasteiger partial charge < -0.3 is 15.6 Å². The lowest BCUT2D eigenvalue weighted by molar-refractivity contribution is -0.0161. The average molecular weight is 257 g/mol. The Hall–Kier alpha value is -0.690. The van der Waals surface area contributed by atoms with E-state index >= 15 is 0 Å². The van der Waals surface area contributed by atoms with Crippen LogP contribution in [0.2, 0.25) is 0 Å². The summed E-state index contributed by atoms with van der Waals surface area (Å²) in [5, 5.41) is 9.37. The summed E-state index contributed by atoms with van der Waals surface area (Å²) < 4.78 is 5.58. The highest BCUT2D eigenvalue weighted by molar-refractivity contribution is 7.15. The number of nitrogens with zero attached hydrogens (tertiary/aromatic N) is 2. The normalized spacial score (nSPS) is 21.8. The van der Waals surface area contributed by atoms with Crippen LogP contribution in [0, 0.1) is 0 Å². The third kappa shape index (κ3) is 3.92. The Morgan fingerprint density at radius 3 is 3.24 bits per heavy atom. The number of aliphatic hydroxyl groups is 1. The molecule has 0 amide bonds. The molecule has 1 aliphatic heterocycles. The molecule has 0 aromatic carbocycles. The Balaban J connectivity index is 1.80. The first-order valence-electron chi connectivity index (χ1n) is 5.93. The number of ether oxygens (including phenoxy) is 1. The summed E-state index contributed by atoms with van der Waals surface area (Å²) in [5.41, 5.74) is 5.61. The highest BCUT2D eigenvalue weighted by Gasteiger charge is 2.20. The van der Waals surface area contributed by atoms with Gasteiger partial charge in [0.15, 0.2) is 5.13 Å². The molecule has 0 saturated carbocycles. The molecule has 96 valence electrons. The molecule has 0 bridgehead atoms. The van der Waals surface area contributed by atoms with Crippen molar-refractivity contribution in [1.29, 1.82) is 0 Å². The van der Waals surface area contributed by atoms with Gasteiger partial charge in [-0.05, 0) is 19.4 Å². The van der Waals surface area contributed by atoms with E-state index in [1.54, 1.807) is 11.3 Å². The number of nitrogen functional groups attached to an aromatic ring is 1. The Morgan fingerprint density at radius 1 is 1.65 bits per heavy atom. The van der Waals surface area contributed by atoms with Crippen molar-refractivity contribution in [3.63, 3.8) is 0 Å². The summed E-state index contributed by atoms with van der Waals surface area (Å²) in [7, 11) is 0. The van der Waals surface area contributed by atoms with Crippen molar-refractivity contribution in [3.8, 4) is 0 Å². The summed E-state index contributed by atoms with van der Waals surface area (Å²) in [5.74, 6) is 0. The highest BCUT2D eigenvalue weighted by Crippen LogP contribution is 2.20. The van der Waals surface area contributed by atoms with Crippen LogP contribution in [0.15, 0.2) is 6.20 Å². The van der Waals surface area contributed by atoms with E-state index in [2.05, 4.69) is 9.88 Å². The lowest BCUT2D eigenvalue weighted by atomic mass is 10.1. The number of hydrogen-bond donors (Lipinski definition) is 2. The Kier molecular flexibility index (Phi) is 4.73. The number of rotatable bonds is 5. The lowest BCUT2D eigenvalue weighted by Gasteiger charge is -2.32. The van der Waals surface area contributed by atoms with Gasteiger partial charge in [0.05, 0.1) is 19.3 Å². The molecule has 1 atom stereocenters. The Bertz CT molecular complexity index is 345. The monoisotopic (exact) mass is 257 g/mol. The molecule has 0 aliphatic carbocycles. The first-order chi connectivity index (χ1) is 8.28. The van der Waals surface area contributed by atoms with Gasteiger partial charge in [-0.25, -0.2) is 4.98 Å². The molecule has 1 aromatic heterocycles. The van der Waals surface area contributed by atoms with Crippen LogP contribution in [-0.2, 0) is 11.3 Å². The molecule has 0 radical (unpaired) electrons. The Labute approximate surface area is 105 Å². The van der Waals surface area contributed by atoms with E-state index in [9.17, 15) is 0 Å². The summed E-state index contributed by atoms with van der Waals surface area (Å²) in [6.07, 6.45) is 4.32. The van der Waals surface area contributed by atoms with E-state index in [0.29, 0.717) is 11.7 Å². The summed E-state index contributed by atoms with van der Waals surface area (Å²) in [6.45, 7) is 3.45. The molecule has 5 nitrogen and oxygen atoms in total. The molecule has 2 heterocycles. The number of aliphatic hydroxyl groups excluding tert-OH is 1. The van der Waals surface area contributed by atoms with Crippen LogP contribution in [-0.4, -0.2) is 47.4 Å². The number of nitrogens with two attached hydrogens (primary N) is 1. The fourth-order valence-electron chi connectivity index (χ4n) is 2.13. The molecule has 2 rings (SSSR count). The number of piperidine rings is 1. The second-order valence-electron chi connectivity index (χ2n) is 4.26. The second-order valence-corrected chi connectivity index (χ2v) is 5.41. The molecular weight excluding hydrogens is 238 g/mol. The number of hydrogen-bond acceptors (Lipinski definition) is 6. The topological polar surface area (TPSA) is 71.6 Å². The van der Waals surface area contributed by atoms with Crippen molar-refractivity contribution in [1.82, 2.24) is 9.88 Å². The molecule has 1 unspecified atom stereocenters. The molecule has 0 spiro atoms. The van der Waals surface area contributed by atoms with Crippen molar-refractivity contribution < 1.29 is 9.84 Å². The smallest absolute Gasteiger partial charge is 0.180 e. The van der Waals surface area contributed by atoms with Crippen LogP contribution in [0.1, 0.15) is 17.7 Å². The fraction of sp³-hybridized carbons (Fsp3) is 0.727. The van der Waals surface area contributed by atoms with Crippen molar-refractivity contribution in [2.45, 2.75) is 25.5 Å². The Morgan fingerprint density at radius 2 is 2.53 bits per heavy atom. The summed E-state index contributed by atoms with van der Waals surface area (Å²) >= 11 is 1.54. The van der Waals surface area contributed by atoms with Gasteiger partial charge in [-0.2, -0.15) is 0 Å². The molecule has 1 aliphatic rings. The average Bonchev–Trinajstić information content (AvgIpc) is 2.73. The van der Waals surface area contributed by atoms with E-state index in [0.717, 1.165) is 32.5 Å². The van der Waals surface area contributed by atoms with Gasteiger partial charge in [0, 0.05) is 24.2 Å². The minimum Gasteiger partial charge on any atom is -0.394 e. The van der Waals surface area contributed by atoms with Gasteiger partial charge in [-0.3, -0.25) is 4.90 Å². The molecule has 1 fully saturated rings. The zero-order chi connectivity index (χ0) is 12.1. The van der Waals surface area contributed by atoms with Crippen LogP contribution in [0.3, 0.4) is 0 Å². The van der Waals surface area contributed by atoms with Gasteiger partial charge in [-0.15, -0.1) is 11.3 Å². The van der Waals surface area contributed by atoms with Crippen molar-refractivity contribution >= 4 is 16.5 Å². The molecule has 1 aromatic rings. The standard InChI is InChI=1S/C11H19N3O2S/c12-11-13-6-10(17-11)8-14-3-1-2-9(7-14)16-5-4-15/h6,9,15H,1-5,7-8H2,(H2,12,13). The second kappa shape index (κ2) is 6.30. The van der Waals surface area contributed by atoms with Gasteiger partial charge >= 0.3 is 0 Å². The zero-order valence-electron chi connectivity index (χ0n) is 9.84. The van der Waals surface area contributed by atoms with Crippen molar-refractivity contribution in [3.05, 3.63) is 11.1 Å². The first-order valence-corrected chi connectivity index (χ1v) is 6.74. The van der Waals surface area contributed by atoms with E-state index in [4.69, 9.17) is 15.6 Å². The minimum absolute atomic E-state index is 0.0991. The summed E-state index contributed by atoms with van der Waals surface area (Å²) in [6, 6.07) is 0. The summed E-state index contributed by atoms with van der Waals surface area (Å²) in [4.78, 5) is 7.62. The number of aromatic nitrogens is 1. The van der Waals surface area contributed by atoms with Crippen LogP contribution in [0.4, 0.5) is 5.13 Å². The van der Waals surface area contributed by atoms with E-state index in [1.165, 1.54) is 4.88 Å². The predicted octanol–water partition coefficient (Wildman–Crippen LogP) is 0.699. The third-order valence-electron chi connectivity index (χ3n) is 2.86. The maximum Gasteiger partial charge on any atom is 0.180 e. The minimum atomic E-state index is 0.0991. The van der Waals surface area contributed by atoms with E-state index in [-0.39, 0.29) is 12.7 Å². The molecule has 17 heavy (non-hydrogen) atoms. The van der Waals surface area contributed by atoms with Crippen LogP contribution < -0.4 is 5.73 Å². The molecule has 3 N–H and O–H groups in total. The SMILES string of the molecule is Nc1ncc(CN2CCCC(OCCO)C2)s1. The van der Waals surface area contributed by atoms with Gasteiger partial charge in [0.25, 0.3) is 0 Å². The van der Waals surface area contributed by atoms with Crippen molar-refractivity contribution in [2.75, 3.05) is 32.0 Å². The molecule has 1 saturated heterocycles. The quantitative estimate of drug-likeness (QED) is 0.812. The maximum atomic E-state index is 8.74. The molecular formula is C11H19N3O2S. The maximum absolute atomic E-state index is 8.74. The predicted molar refractivity (Wildman–Crippen MR) is 67.9 cm³/mol. The number of likely N-dealkylation sites (tertiary alicyclic amines) is 1. The lowest BCUT2D eigenvalue weighted by Crippen LogP contribution is -2.39. The van der Waals surface area contributed by atoms with E-state index in [1.807, 2.05) is 6.20 Å². The third-order valence-corrected chi connectivity index (χ3v) is 3.67. The van der Waals surface area contributed by atoms with Gasteiger partial charge in [0.1, 0.15) is 0 Å². The number of thiazole rings is 1. The largest absolute Gasteiger partial charge is 0.394 e. The van der Waals surface area contributed by atoms with Crippen LogP contribution >= 0.6 is 11.3 Å². The van der Waals surface area contributed by atoms with Gasteiger partial charge in [-0.1, -0.05) is 0 Å². The molecule has 6 heteroatoms. The zero-order valence-corrected chi connectivity index (χ0v) is 10.7.